The fourth-order valence-corrected chi connectivity index (χ4v) is 2.89. The molecule has 0 aromatic heterocycles. The summed E-state index contributed by atoms with van der Waals surface area (Å²) in [6, 6.07) is 11.8. The third-order valence-electron chi connectivity index (χ3n) is 4.09. The summed E-state index contributed by atoms with van der Waals surface area (Å²) in [4.78, 5) is 25.4. The van der Waals surface area contributed by atoms with Crippen LogP contribution in [0.5, 0.6) is 5.75 Å². The molecule has 3 rings (SSSR count). The number of halogens is 1. The lowest BCUT2D eigenvalue weighted by Gasteiger charge is -2.29. The molecule has 0 N–H and O–H groups in total. The van der Waals surface area contributed by atoms with Gasteiger partial charge in [-0.25, -0.2) is 4.39 Å². The molecule has 5 heteroatoms. The van der Waals surface area contributed by atoms with Crippen molar-refractivity contribution in [1.29, 1.82) is 0 Å². The number of ketones is 1. The smallest absolute Gasteiger partial charge is 0.264 e. The van der Waals surface area contributed by atoms with Crippen LogP contribution in [0.15, 0.2) is 42.5 Å². The van der Waals surface area contributed by atoms with Gasteiger partial charge in [0, 0.05) is 18.3 Å². The topological polar surface area (TPSA) is 46.6 Å². The molecule has 0 atom stereocenters. The van der Waals surface area contributed by atoms with E-state index in [0.717, 1.165) is 30.2 Å². The van der Waals surface area contributed by atoms with Crippen LogP contribution in [-0.2, 0) is 11.2 Å². The Hall–Kier alpha value is -2.69. The van der Waals surface area contributed by atoms with Crippen molar-refractivity contribution in [3.63, 3.8) is 0 Å². The summed E-state index contributed by atoms with van der Waals surface area (Å²) in [5, 5.41) is 0. The standard InChI is InChI=1S/C19H18FNO3/c1-13(22)16-9-8-15(11-17(16)20)24-12-19(23)21-10-4-6-14-5-2-3-7-18(14)21/h2-3,5,7-9,11H,4,6,10,12H2,1H3. The number of benzene rings is 2. The van der Waals surface area contributed by atoms with E-state index in [2.05, 4.69) is 0 Å². The number of aryl methyl sites for hydroxylation is 1. The zero-order chi connectivity index (χ0) is 17.1. The highest BCUT2D eigenvalue weighted by Crippen LogP contribution is 2.27. The minimum absolute atomic E-state index is 0.0126. The molecule has 0 unspecified atom stereocenters. The highest BCUT2D eigenvalue weighted by Gasteiger charge is 2.22. The first-order valence-electron chi connectivity index (χ1n) is 7.88. The summed E-state index contributed by atoms with van der Waals surface area (Å²) >= 11 is 0. The monoisotopic (exact) mass is 327 g/mol. The Bertz CT molecular complexity index is 788. The Balaban J connectivity index is 1.68. The van der Waals surface area contributed by atoms with Crippen LogP contribution >= 0.6 is 0 Å². The van der Waals surface area contributed by atoms with Crippen LogP contribution in [-0.4, -0.2) is 24.8 Å². The Kier molecular flexibility index (Phi) is 4.60. The molecule has 0 aliphatic carbocycles. The maximum atomic E-state index is 13.8. The van der Waals surface area contributed by atoms with Crippen LogP contribution in [0.1, 0.15) is 29.3 Å². The van der Waals surface area contributed by atoms with Crippen molar-refractivity contribution in [2.24, 2.45) is 0 Å². The number of carbonyl (C=O) groups excluding carboxylic acids is 2. The van der Waals surface area contributed by atoms with Crippen LogP contribution in [0, 0.1) is 5.82 Å². The molecule has 0 spiro atoms. The third kappa shape index (κ3) is 3.30. The second-order valence-corrected chi connectivity index (χ2v) is 5.76. The van der Waals surface area contributed by atoms with Crippen molar-refractivity contribution in [1.82, 2.24) is 0 Å². The molecular weight excluding hydrogens is 309 g/mol. The Morgan fingerprint density at radius 2 is 2.00 bits per heavy atom. The van der Waals surface area contributed by atoms with Gasteiger partial charge in [-0.15, -0.1) is 0 Å². The highest BCUT2D eigenvalue weighted by atomic mass is 19.1. The van der Waals surface area contributed by atoms with Crippen LogP contribution < -0.4 is 9.64 Å². The first kappa shape index (κ1) is 16.2. The van der Waals surface area contributed by atoms with Gasteiger partial charge in [0.1, 0.15) is 11.6 Å². The van der Waals surface area contributed by atoms with Gasteiger partial charge in [0.25, 0.3) is 5.91 Å². The number of nitrogens with zero attached hydrogens (tertiary/aromatic N) is 1. The molecule has 0 fully saturated rings. The zero-order valence-electron chi connectivity index (χ0n) is 13.4. The van der Waals surface area contributed by atoms with Crippen molar-refractivity contribution in [3.8, 4) is 5.75 Å². The Labute approximate surface area is 139 Å². The van der Waals surface area contributed by atoms with E-state index < -0.39 is 5.82 Å². The molecule has 1 amide bonds. The van der Waals surface area contributed by atoms with Gasteiger partial charge < -0.3 is 9.64 Å². The van der Waals surface area contributed by atoms with E-state index in [9.17, 15) is 14.0 Å². The largest absolute Gasteiger partial charge is 0.484 e. The van der Waals surface area contributed by atoms with Gasteiger partial charge in [0.15, 0.2) is 12.4 Å². The molecule has 1 aliphatic heterocycles. The predicted molar refractivity (Wildman–Crippen MR) is 89.0 cm³/mol. The molecule has 0 saturated carbocycles. The van der Waals surface area contributed by atoms with Gasteiger partial charge in [-0.1, -0.05) is 18.2 Å². The fourth-order valence-electron chi connectivity index (χ4n) is 2.89. The van der Waals surface area contributed by atoms with E-state index in [0.29, 0.717) is 6.54 Å². The minimum atomic E-state index is -0.643. The molecule has 0 radical (unpaired) electrons. The maximum absolute atomic E-state index is 13.8. The first-order chi connectivity index (χ1) is 11.6. The van der Waals surface area contributed by atoms with E-state index in [1.165, 1.54) is 19.1 Å². The SMILES string of the molecule is CC(=O)c1ccc(OCC(=O)N2CCCc3ccccc32)cc1F. The van der Waals surface area contributed by atoms with Gasteiger partial charge in [-0.2, -0.15) is 0 Å². The summed E-state index contributed by atoms with van der Waals surface area (Å²) < 4.78 is 19.2. The normalized spacial score (nSPS) is 13.3. The summed E-state index contributed by atoms with van der Waals surface area (Å²) in [5.41, 5.74) is 2.07. The summed E-state index contributed by atoms with van der Waals surface area (Å²) in [5.74, 6) is -0.926. The quantitative estimate of drug-likeness (QED) is 0.809. The van der Waals surface area contributed by atoms with Crippen molar-refractivity contribution >= 4 is 17.4 Å². The number of ether oxygens (including phenoxy) is 1. The molecule has 2 aromatic carbocycles. The van der Waals surface area contributed by atoms with E-state index >= 15 is 0 Å². The number of fused-ring (bicyclic) bond motifs is 1. The van der Waals surface area contributed by atoms with Crippen molar-refractivity contribution in [2.75, 3.05) is 18.1 Å². The molecule has 1 heterocycles. The average molecular weight is 327 g/mol. The van der Waals surface area contributed by atoms with Crippen molar-refractivity contribution < 1.29 is 18.7 Å². The predicted octanol–water partition coefficient (Wildman–Crippen LogP) is 3.39. The number of amides is 1. The number of rotatable bonds is 4. The molecule has 4 nitrogen and oxygen atoms in total. The van der Waals surface area contributed by atoms with Crippen LogP contribution in [0.4, 0.5) is 10.1 Å². The summed E-state index contributed by atoms with van der Waals surface area (Å²) in [6.07, 6.45) is 1.86. The molecule has 124 valence electrons. The number of hydrogen-bond donors (Lipinski definition) is 0. The van der Waals surface area contributed by atoms with E-state index in [1.54, 1.807) is 4.90 Å². The molecule has 24 heavy (non-hydrogen) atoms. The van der Waals surface area contributed by atoms with Crippen LogP contribution in [0.25, 0.3) is 0 Å². The number of para-hydroxylation sites is 1. The first-order valence-corrected chi connectivity index (χ1v) is 7.88. The van der Waals surface area contributed by atoms with Gasteiger partial charge >= 0.3 is 0 Å². The minimum Gasteiger partial charge on any atom is -0.484 e. The number of carbonyl (C=O) groups is 2. The maximum Gasteiger partial charge on any atom is 0.264 e. The highest BCUT2D eigenvalue weighted by molar-refractivity contribution is 5.96. The van der Waals surface area contributed by atoms with E-state index in [1.807, 2.05) is 24.3 Å². The zero-order valence-corrected chi connectivity index (χ0v) is 13.4. The lowest BCUT2D eigenvalue weighted by Crippen LogP contribution is -2.38. The second kappa shape index (κ2) is 6.83. The lowest BCUT2D eigenvalue weighted by atomic mass is 10.0. The summed E-state index contributed by atoms with van der Waals surface area (Å²) in [7, 11) is 0. The fraction of sp³-hybridized carbons (Fsp3) is 0.263. The lowest BCUT2D eigenvalue weighted by molar-refractivity contribution is -0.120. The van der Waals surface area contributed by atoms with Crippen LogP contribution in [0.2, 0.25) is 0 Å². The molecule has 1 aliphatic rings. The Morgan fingerprint density at radius 1 is 1.21 bits per heavy atom. The number of hydrogen-bond acceptors (Lipinski definition) is 3. The van der Waals surface area contributed by atoms with Crippen LogP contribution in [0.3, 0.4) is 0 Å². The molecule has 0 bridgehead atoms. The van der Waals surface area contributed by atoms with Gasteiger partial charge in [-0.3, -0.25) is 9.59 Å². The van der Waals surface area contributed by atoms with E-state index in [4.69, 9.17) is 4.74 Å². The van der Waals surface area contributed by atoms with Crippen molar-refractivity contribution in [2.45, 2.75) is 19.8 Å². The Morgan fingerprint density at radius 3 is 2.75 bits per heavy atom. The molecule has 2 aromatic rings. The number of Topliss-reactive ketones (excluding diaryl/α,β-unsaturated/α-hetero) is 1. The second-order valence-electron chi connectivity index (χ2n) is 5.76. The third-order valence-corrected chi connectivity index (χ3v) is 4.09. The van der Waals surface area contributed by atoms with E-state index in [-0.39, 0.29) is 29.6 Å². The molecule has 0 saturated heterocycles. The van der Waals surface area contributed by atoms with Gasteiger partial charge in [0.05, 0.1) is 5.56 Å². The number of anilines is 1. The van der Waals surface area contributed by atoms with Gasteiger partial charge in [-0.05, 0) is 43.5 Å². The summed E-state index contributed by atoms with van der Waals surface area (Å²) in [6.45, 7) is 1.78. The molecular formula is C19H18FNO3. The van der Waals surface area contributed by atoms with Gasteiger partial charge in [0.2, 0.25) is 0 Å². The van der Waals surface area contributed by atoms with Crippen molar-refractivity contribution in [3.05, 3.63) is 59.4 Å². The average Bonchev–Trinajstić information content (AvgIpc) is 2.59.